The molecule has 2 heterocycles. The third kappa shape index (κ3) is 8.18. The molecule has 0 aliphatic carbocycles. The Kier molecular flexibility index (Phi) is 12.3. The molecule has 1 aliphatic rings. The largest absolute Gasteiger partial charge is 0.494 e. The Morgan fingerprint density at radius 1 is 0.846 bits per heavy atom. The summed E-state index contributed by atoms with van der Waals surface area (Å²) in [5, 5.41) is 0. The number of fused-ring (bicyclic) bond motifs is 1. The first-order valence-electron chi connectivity index (χ1n) is 16.6. The maximum atomic E-state index is 14.5. The van der Waals surface area contributed by atoms with E-state index in [1.165, 1.54) is 11.3 Å². The number of carbonyl (C=O) groups excluding carboxylic acids is 2. The third-order valence-corrected chi connectivity index (χ3v) is 10.5. The lowest BCUT2D eigenvalue weighted by Gasteiger charge is -2.26. The van der Waals surface area contributed by atoms with Gasteiger partial charge < -0.3 is 18.9 Å². The van der Waals surface area contributed by atoms with Gasteiger partial charge in [-0.2, -0.15) is 0 Å². The van der Waals surface area contributed by atoms with Gasteiger partial charge in [-0.25, -0.2) is 14.6 Å². The van der Waals surface area contributed by atoms with Crippen molar-refractivity contribution in [3.8, 4) is 11.5 Å². The van der Waals surface area contributed by atoms with E-state index >= 15 is 0 Å². The van der Waals surface area contributed by atoms with Gasteiger partial charge in [0.25, 0.3) is 5.56 Å². The lowest BCUT2D eigenvalue weighted by Crippen LogP contribution is -2.40. The van der Waals surface area contributed by atoms with Crippen LogP contribution in [0.25, 0.3) is 11.8 Å². The van der Waals surface area contributed by atoms with Crippen LogP contribution in [0.3, 0.4) is 0 Å². The van der Waals surface area contributed by atoms with Crippen LogP contribution < -0.4 is 24.4 Å². The average Bonchev–Trinajstić information content (AvgIpc) is 3.45. The van der Waals surface area contributed by atoms with Crippen molar-refractivity contribution in [3.63, 3.8) is 0 Å². The van der Waals surface area contributed by atoms with E-state index in [-0.39, 0.29) is 30.3 Å². The first kappa shape index (κ1) is 37.5. The number of thiazole rings is 1. The molecule has 0 unspecified atom stereocenters. The number of ether oxygens (including phenoxy) is 4. The van der Waals surface area contributed by atoms with Crippen LogP contribution in [0.5, 0.6) is 11.5 Å². The number of carbonyl (C=O) groups is 2. The average molecular weight is 941 g/mol. The minimum atomic E-state index is -0.812. The van der Waals surface area contributed by atoms with E-state index < -0.39 is 12.0 Å². The summed E-state index contributed by atoms with van der Waals surface area (Å²) in [6.07, 6.45) is 1.82. The standard InChI is InChI=1S/C40H34I2N2O7S/c1-4-48-30-18-16-26(17-19-30)35-33(39(47)50-6-3)34(25-10-8-7-9-11-25)43-40-44(35)37(45)32(52-40)21-28-20-29(41)22-31(42)36(28)51-23-24-12-14-27(15-13-24)38(46)49-5-2/h7-22,35H,4-6,23H2,1-3H3/b32-21-/t35-/m0/s1. The summed E-state index contributed by atoms with van der Waals surface area (Å²) in [4.78, 5) is 45.9. The van der Waals surface area contributed by atoms with Gasteiger partial charge in [-0.15, -0.1) is 0 Å². The minimum Gasteiger partial charge on any atom is -0.494 e. The number of benzene rings is 4. The summed E-state index contributed by atoms with van der Waals surface area (Å²) in [6, 6.07) is 27.1. The van der Waals surface area contributed by atoms with Gasteiger partial charge in [0, 0.05) is 14.7 Å². The molecule has 1 atom stereocenters. The number of halogens is 2. The topological polar surface area (TPSA) is 105 Å². The van der Waals surface area contributed by atoms with E-state index in [1.807, 2.05) is 91.9 Å². The second kappa shape index (κ2) is 17.0. The molecule has 4 aromatic carbocycles. The van der Waals surface area contributed by atoms with Gasteiger partial charge in [-0.05, 0) is 120 Å². The zero-order chi connectivity index (χ0) is 36.8. The molecule has 1 aromatic heterocycles. The molecule has 12 heteroatoms. The predicted octanol–water partition coefficient (Wildman–Crippen LogP) is 7.30. The molecular formula is C40H34I2N2O7S. The van der Waals surface area contributed by atoms with E-state index in [1.54, 1.807) is 30.5 Å². The number of hydrogen-bond acceptors (Lipinski definition) is 9. The van der Waals surface area contributed by atoms with Gasteiger partial charge in [0.2, 0.25) is 0 Å². The molecule has 9 nitrogen and oxygen atoms in total. The summed E-state index contributed by atoms with van der Waals surface area (Å²) in [7, 11) is 0. The van der Waals surface area contributed by atoms with Crippen LogP contribution >= 0.6 is 56.5 Å². The fourth-order valence-corrected chi connectivity index (χ4v) is 8.79. The lowest BCUT2D eigenvalue weighted by molar-refractivity contribution is -0.138. The normalized spacial score (nSPS) is 14.0. The second-order valence-electron chi connectivity index (χ2n) is 11.4. The first-order valence-corrected chi connectivity index (χ1v) is 19.6. The van der Waals surface area contributed by atoms with E-state index in [4.69, 9.17) is 23.9 Å². The van der Waals surface area contributed by atoms with Crippen LogP contribution in [-0.2, 0) is 20.9 Å². The summed E-state index contributed by atoms with van der Waals surface area (Å²) >= 11 is 5.73. The van der Waals surface area contributed by atoms with Crippen molar-refractivity contribution in [2.24, 2.45) is 4.99 Å². The summed E-state index contributed by atoms with van der Waals surface area (Å²) < 4.78 is 26.6. The van der Waals surface area contributed by atoms with E-state index in [2.05, 4.69) is 45.2 Å². The van der Waals surface area contributed by atoms with E-state index in [0.717, 1.165) is 23.8 Å². The highest BCUT2D eigenvalue weighted by Gasteiger charge is 2.35. The Morgan fingerprint density at radius 3 is 2.21 bits per heavy atom. The molecule has 6 rings (SSSR count). The Bertz CT molecular complexity index is 2320. The van der Waals surface area contributed by atoms with Gasteiger partial charge >= 0.3 is 11.9 Å². The number of aromatic nitrogens is 1. The Hall–Kier alpha value is -4.28. The number of esters is 2. The molecule has 1 aliphatic heterocycles. The highest BCUT2D eigenvalue weighted by atomic mass is 127. The van der Waals surface area contributed by atoms with E-state index in [9.17, 15) is 14.4 Å². The Morgan fingerprint density at radius 2 is 1.54 bits per heavy atom. The van der Waals surface area contributed by atoms with Crippen molar-refractivity contribution in [2.45, 2.75) is 33.4 Å². The number of rotatable bonds is 12. The van der Waals surface area contributed by atoms with Crippen molar-refractivity contribution >= 4 is 80.2 Å². The number of nitrogens with zero attached hydrogens (tertiary/aromatic N) is 2. The minimum absolute atomic E-state index is 0.161. The molecule has 0 saturated heterocycles. The van der Waals surface area contributed by atoms with Gasteiger partial charge in [0.1, 0.15) is 18.1 Å². The molecule has 0 spiro atoms. The predicted molar refractivity (Wildman–Crippen MR) is 217 cm³/mol. The molecule has 5 aromatic rings. The molecule has 0 radical (unpaired) electrons. The first-order chi connectivity index (χ1) is 25.2. The van der Waals surface area contributed by atoms with Crippen LogP contribution in [0.15, 0.2) is 106 Å². The Balaban J connectivity index is 1.48. The highest BCUT2D eigenvalue weighted by molar-refractivity contribution is 14.1. The van der Waals surface area contributed by atoms with Crippen LogP contribution in [-0.4, -0.2) is 36.3 Å². The smallest absolute Gasteiger partial charge is 0.338 e. The lowest BCUT2D eigenvalue weighted by atomic mass is 9.93. The molecule has 0 amide bonds. The molecule has 0 bridgehead atoms. The van der Waals surface area contributed by atoms with Gasteiger partial charge in [-0.1, -0.05) is 65.9 Å². The van der Waals surface area contributed by atoms with Crippen molar-refractivity contribution in [1.82, 2.24) is 4.57 Å². The SMILES string of the molecule is CCOC(=O)C1=C(c2ccccc2)N=c2s/c(=C\c3cc(I)cc(I)c3OCc3ccc(C(=O)OCC)cc3)c(=O)n2[C@H]1c1ccc(OCC)cc1. The molecule has 266 valence electrons. The van der Waals surface area contributed by atoms with Crippen molar-refractivity contribution in [3.05, 3.63) is 151 Å². The van der Waals surface area contributed by atoms with Crippen LogP contribution in [0.2, 0.25) is 0 Å². The molecule has 0 saturated carbocycles. The monoisotopic (exact) mass is 940 g/mol. The maximum Gasteiger partial charge on any atom is 0.338 e. The third-order valence-electron chi connectivity index (χ3n) is 8.05. The highest BCUT2D eigenvalue weighted by Crippen LogP contribution is 2.36. The molecule has 52 heavy (non-hydrogen) atoms. The maximum absolute atomic E-state index is 14.5. The zero-order valence-corrected chi connectivity index (χ0v) is 33.7. The molecule has 0 N–H and O–H groups in total. The van der Waals surface area contributed by atoms with Crippen molar-refractivity contribution in [1.29, 1.82) is 0 Å². The summed E-state index contributed by atoms with van der Waals surface area (Å²) in [6.45, 7) is 6.64. The quantitative estimate of drug-likeness (QED) is 0.0956. The fourth-order valence-electron chi connectivity index (χ4n) is 5.76. The van der Waals surface area contributed by atoms with Crippen LogP contribution in [0.1, 0.15) is 59.4 Å². The van der Waals surface area contributed by atoms with Gasteiger partial charge in [0.05, 0.1) is 50.8 Å². The Labute approximate surface area is 331 Å². The van der Waals surface area contributed by atoms with Crippen molar-refractivity contribution in [2.75, 3.05) is 19.8 Å². The zero-order valence-electron chi connectivity index (χ0n) is 28.6. The van der Waals surface area contributed by atoms with Gasteiger partial charge in [-0.3, -0.25) is 9.36 Å². The summed E-state index contributed by atoms with van der Waals surface area (Å²) in [5.41, 5.74) is 3.92. The van der Waals surface area contributed by atoms with Gasteiger partial charge in [0.15, 0.2) is 4.80 Å². The number of hydrogen-bond donors (Lipinski definition) is 0. The molecular weight excluding hydrogens is 906 g/mol. The van der Waals surface area contributed by atoms with E-state index in [0.29, 0.717) is 50.9 Å². The second-order valence-corrected chi connectivity index (χ2v) is 14.9. The molecule has 0 fully saturated rings. The van der Waals surface area contributed by atoms with Crippen LogP contribution in [0.4, 0.5) is 0 Å². The van der Waals surface area contributed by atoms with Crippen LogP contribution in [0, 0.1) is 7.14 Å². The van der Waals surface area contributed by atoms with Crippen molar-refractivity contribution < 1.29 is 28.5 Å². The summed E-state index contributed by atoms with van der Waals surface area (Å²) in [5.74, 6) is 0.373. The fraction of sp³-hybridized carbons (Fsp3) is 0.200.